The van der Waals surface area contributed by atoms with Crippen LogP contribution in [0.5, 0.6) is 0 Å². The van der Waals surface area contributed by atoms with Crippen LogP contribution in [0.4, 0.5) is 5.69 Å². The minimum Gasteiger partial charge on any atom is -0.452 e. The summed E-state index contributed by atoms with van der Waals surface area (Å²) >= 11 is 4.34. The Morgan fingerprint density at radius 3 is 2.41 bits per heavy atom. The molecule has 2 aromatic rings. The van der Waals surface area contributed by atoms with Gasteiger partial charge in [-0.05, 0) is 71.1 Å². The second kappa shape index (κ2) is 9.27. The van der Waals surface area contributed by atoms with E-state index in [0.29, 0.717) is 28.5 Å². The van der Waals surface area contributed by atoms with Gasteiger partial charge in [-0.1, -0.05) is 6.92 Å². The van der Waals surface area contributed by atoms with E-state index in [-0.39, 0.29) is 22.3 Å². The number of nitrogens with zero attached hydrogens (tertiary/aromatic N) is 1. The number of anilines is 1. The lowest BCUT2D eigenvalue weighted by molar-refractivity contribution is -0.135. The zero-order valence-corrected chi connectivity index (χ0v) is 19.0. The summed E-state index contributed by atoms with van der Waals surface area (Å²) in [6.45, 7) is 3.24. The third kappa shape index (κ3) is 5.80. The zero-order valence-electron chi connectivity index (χ0n) is 15.8. The molecule has 1 aliphatic rings. The SMILES string of the molecule is CC1CCN(C(=O)COC(=O)c2ccc(NS(=O)(=O)c3ccc(Br)s3)cc2)CC1. The van der Waals surface area contributed by atoms with Crippen LogP contribution in [0.3, 0.4) is 0 Å². The van der Waals surface area contributed by atoms with Crippen molar-refractivity contribution < 1.29 is 22.7 Å². The molecule has 0 spiro atoms. The lowest BCUT2D eigenvalue weighted by Gasteiger charge is -2.30. The highest BCUT2D eigenvalue weighted by Crippen LogP contribution is 2.27. The van der Waals surface area contributed by atoms with Gasteiger partial charge in [-0.2, -0.15) is 0 Å². The Kier molecular flexibility index (Phi) is 6.97. The van der Waals surface area contributed by atoms with Crippen LogP contribution in [0.25, 0.3) is 0 Å². The normalized spacial score (nSPS) is 15.2. The lowest BCUT2D eigenvalue weighted by Crippen LogP contribution is -2.40. The van der Waals surface area contributed by atoms with Crippen LogP contribution in [0.1, 0.15) is 30.1 Å². The number of sulfonamides is 1. The minimum atomic E-state index is -3.69. The number of esters is 1. The highest BCUT2D eigenvalue weighted by atomic mass is 79.9. The van der Waals surface area contributed by atoms with Crippen LogP contribution in [0.2, 0.25) is 0 Å². The number of hydrogen-bond acceptors (Lipinski definition) is 6. The Morgan fingerprint density at radius 1 is 1.17 bits per heavy atom. The molecule has 1 aromatic heterocycles. The monoisotopic (exact) mass is 500 g/mol. The number of nitrogens with one attached hydrogen (secondary N) is 1. The first-order valence-corrected chi connectivity index (χ1v) is 12.2. The molecule has 10 heteroatoms. The van der Waals surface area contributed by atoms with Crippen molar-refractivity contribution in [3.63, 3.8) is 0 Å². The van der Waals surface area contributed by atoms with Gasteiger partial charge in [-0.15, -0.1) is 11.3 Å². The van der Waals surface area contributed by atoms with Crippen LogP contribution in [-0.2, 0) is 19.6 Å². The summed E-state index contributed by atoms with van der Waals surface area (Å²) in [5.74, 6) is -0.212. The molecule has 0 saturated carbocycles. The Bertz CT molecular complexity index is 980. The van der Waals surface area contributed by atoms with E-state index >= 15 is 0 Å². The van der Waals surface area contributed by atoms with Crippen LogP contribution in [0.15, 0.2) is 44.4 Å². The van der Waals surface area contributed by atoms with Gasteiger partial charge in [-0.3, -0.25) is 9.52 Å². The average Bonchev–Trinajstić information content (AvgIpc) is 3.14. The summed E-state index contributed by atoms with van der Waals surface area (Å²) in [4.78, 5) is 26.0. The second-order valence-electron chi connectivity index (χ2n) is 6.88. The summed E-state index contributed by atoms with van der Waals surface area (Å²) in [6.07, 6.45) is 1.92. The zero-order chi connectivity index (χ0) is 21.0. The maximum absolute atomic E-state index is 12.3. The van der Waals surface area contributed by atoms with E-state index in [9.17, 15) is 18.0 Å². The molecular formula is C19H21BrN2O5S2. The summed E-state index contributed by atoms with van der Waals surface area (Å²) in [5.41, 5.74) is 0.566. The lowest BCUT2D eigenvalue weighted by atomic mass is 9.99. The van der Waals surface area contributed by atoms with E-state index in [1.165, 1.54) is 30.3 Å². The fraction of sp³-hybridized carbons (Fsp3) is 0.368. The fourth-order valence-electron chi connectivity index (χ4n) is 2.88. The molecule has 0 unspecified atom stereocenters. The van der Waals surface area contributed by atoms with Crippen LogP contribution in [-0.4, -0.2) is 44.9 Å². The second-order valence-corrected chi connectivity index (χ2v) is 11.3. The average molecular weight is 501 g/mol. The van der Waals surface area contributed by atoms with Gasteiger partial charge in [0.25, 0.3) is 15.9 Å². The number of carbonyl (C=O) groups is 2. The number of benzene rings is 1. The van der Waals surface area contributed by atoms with Crippen molar-refractivity contribution in [1.29, 1.82) is 0 Å². The molecule has 1 fully saturated rings. The Hall–Kier alpha value is -1.91. The molecule has 3 rings (SSSR count). The first-order chi connectivity index (χ1) is 13.7. The molecular weight excluding hydrogens is 480 g/mol. The molecule has 1 aromatic carbocycles. The van der Waals surface area contributed by atoms with Gasteiger partial charge in [0.1, 0.15) is 4.21 Å². The summed E-state index contributed by atoms with van der Waals surface area (Å²) in [6, 6.07) is 9.03. The maximum Gasteiger partial charge on any atom is 0.338 e. The minimum absolute atomic E-state index is 0.179. The van der Waals surface area contributed by atoms with Gasteiger partial charge < -0.3 is 9.64 Å². The van der Waals surface area contributed by atoms with Gasteiger partial charge >= 0.3 is 5.97 Å². The largest absolute Gasteiger partial charge is 0.452 e. The van der Waals surface area contributed by atoms with E-state index in [1.807, 2.05) is 0 Å². The Morgan fingerprint density at radius 2 is 1.83 bits per heavy atom. The van der Waals surface area contributed by atoms with Crippen molar-refractivity contribution in [2.45, 2.75) is 24.0 Å². The number of likely N-dealkylation sites (tertiary alicyclic amines) is 1. The van der Waals surface area contributed by atoms with Gasteiger partial charge in [-0.25, -0.2) is 13.2 Å². The fourth-order valence-corrected chi connectivity index (χ4v) is 5.95. The number of carbonyl (C=O) groups excluding carboxylic acids is 2. The van der Waals surface area contributed by atoms with Crippen molar-refractivity contribution in [3.05, 3.63) is 45.7 Å². The summed E-state index contributed by atoms with van der Waals surface area (Å²) in [5, 5.41) is 0. The predicted octanol–water partition coefficient (Wildman–Crippen LogP) is 3.73. The maximum atomic E-state index is 12.3. The quantitative estimate of drug-likeness (QED) is 0.609. The molecule has 1 N–H and O–H groups in total. The smallest absolute Gasteiger partial charge is 0.338 e. The first-order valence-electron chi connectivity index (χ1n) is 9.08. The molecule has 2 heterocycles. The number of rotatable bonds is 6. The summed E-state index contributed by atoms with van der Waals surface area (Å²) in [7, 11) is -3.69. The van der Waals surface area contributed by atoms with Crippen LogP contribution in [0, 0.1) is 5.92 Å². The number of piperidine rings is 1. The van der Waals surface area contributed by atoms with Gasteiger partial charge in [0.05, 0.1) is 9.35 Å². The molecule has 0 bridgehead atoms. The van der Waals surface area contributed by atoms with Crippen LogP contribution < -0.4 is 4.72 Å². The van der Waals surface area contributed by atoms with Crippen molar-refractivity contribution >= 4 is 54.9 Å². The van der Waals surface area contributed by atoms with Crippen molar-refractivity contribution in [2.24, 2.45) is 5.92 Å². The molecule has 156 valence electrons. The number of ether oxygens (including phenoxy) is 1. The summed E-state index contributed by atoms with van der Waals surface area (Å²) < 4.78 is 33.1. The van der Waals surface area contributed by atoms with Crippen molar-refractivity contribution in [2.75, 3.05) is 24.4 Å². The van der Waals surface area contributed by atoms with Gasteiger partial charge in [0, 0.05) is 18.8 Å². The molecule has 0 radical (unpaired) electrons. The third-order valence-electron chi connectivity index (χ3n) is 4.65. The third-order valence-corrected chi connectivity index (χ3v) is 8.15. The van der Waals surface area contributed by atoms with E-state index in [1.54, 1.807) is 11.0 Å². The number of thiophene rings is 1. The van der Waals surface area contributed by atoms with Crippen LogP contribution >= 0.6 is 27.3 Å². The predicted molar refractivity (Wildman–Crippen MR) is 115 cm³/mol. The van der Waals surface area contributed by atoms with Crippen molar-refractivity contribution in [3.8, 4) is 0 Å². The highest BCUT2D eigenvalue weighted by Gasteiger charge is 2.22. The van der Waals surface area contributed by atoms with Gasteiger partial charge in [0.2, 0.25) is 0 Å². The molecule has 7 nitrogen and oxygen atoms in total. The Labute approximate surface area is 182 Å². The molecule has 29 heavy (non-hydrogen) atoms. The molecule has 0 aliphatic carbocycles. The number of hydrogen-bond donors (Lipinski definition) is 1. The van der Waals surface area contributed by atoms with E-state index in [2.05, 4.69) is 27.6 Å². The first kappa shape index (κ1) is 21.8. The molecule has 0 atom stereocenters. The standard InChI is InChI=1S/C19H21BrN2O5S2/c1-13-8-10-22(11-9-13)17(23)12-27-19(24)14-2-4-15(5-3-14)21-29(25,26)18-7-6-16(20)28-18/h2-7,13,21H,8-12H2,1H3. The van der Waals surface area contributed by atoms with Crippen molar-refractivity contribution in [1.82, 2.24) is 4.90 Å². The molecule has 1 aliphatic heterocycles. The van der Waals surface area contributed by atoms with E-state index in [0.717, 1.165) is 24.2 Å². The number of amides is 1. The molecule has 1 amide bonds. The Balaban J connectivity index is 1.54. The number of halogens is 1. The van der Waals surface area contributed by atoms with E-state index < -0.39 is 16.0 Å². The highest BCUT2D eigenvalue weighted by molar-refractivity contribution is 9.11. The van der Waals surface area contributed by atoms with Gasteiger partial charge in [0.15, 0.2) is 6.61 Å². The van der Waals surface area contributed by atoms with E-state index in [4.69, 9.17) is 4.74 Å². The molecule has 1 saturated heterocycles. The topological polar surface area (TPSA) is 92.8 Å².